The number of hydrogen-bond donors (Lipinski definition) is 1. The van der Waals surface area contributed by atoms with Gasteiger partial charge in [-0.25, -0.2) is 0 Å². The van der Waals surface area contributed by atoms with Crippen molar-refractivity contribution in [3.63, 3.8) is 0 Å². The van der Waals surface area contributed by atoms with Crippen molar-refractivity contribution in [2.24, 2.45) is 17.6 Å². The fourth-order valence-electron chi connectivity index (χ4n) is 2.51. The average molecular weight is 314 g/mol. The first kappa shape index (κ1) is 13.4. The highest BCUT2D eigenvalue weighted by molar-refractivity contribution is 9.10. The molecule has 1 saturated carbocycles. The molecule has 0 heterocycles. The van der Waals surface area contributed by atoms with Gasteiger partial charge in [0.05, 0.1) is 0 Å². The minimum Gasteiger partial charge on any atom is -0.330 e. The molecule has 1 nitrogen and oxygen atoms in total. The lowest BCUT2D eigenvalue weighted by Gasteiger charge is -2.34. The summed E-state index contributed by atoms with van der Waals surface area (Å²) in [5, 5.41) is 0.683. The minimum absolute atomic E-state index is 0.683. The zero-order valence-electron chi connectivity index (χ0n) is 10.2. The van der Waals surface area contributed by atoms with E-state index in [4.69, 9.17) is 5.73 Å². The van der Waals surface area contributed by atoms with Crippen molar-refractivity contribution in [2.45, 2.75) is 36.3 Å². The fraction of sp³-hybridized carbons (Fsp3) is 0.571. The average Bonchev–Trinajstić information content (AvgIpc) is 2.32. The van der Waals surface area contributed by atoms with Crippen molar-refractivity contribution in [2.75, 3.05) is 6.54 Å². The second-order valence-electron chi connectivity index (χ2n) is 5.00. The molecule has 94 valence electrons. The van der Waals surface area contributed by atoms with Gasteiger partial charge < -0.3 is 5.73 Å². The Morgan fingerprint density at radius 1 is 1.35 bits per heavy atom. The third-order valence-corrected chi connectivity index (χ3v) is 6.05. The van der Waals surface area contributed by atoms with Gasteiger partial charge in [0.2, 0.25) is 0 Å². The van der Waals surface area contributed by atoms with E-state index in [0.717, 1.165) is 12.5 Å². The van der Waals surface area contributed by atoms with E-state index < -0.39 is 0 Å². The Labute approximate surface area is 117 Å². The molecular formula is C14H20BrNS. The molecule has 0 aliphatic heterocycles. The Bertz CT molecular complexity index is 369. The highest BCUT2D eigenvalue weighted by Crippen LogP contribution is 2.41. The van der Waals surface area contributed by atoms with Crippen molar-refractivity contribution in [3.05, 3.63) is 28.7 Å². The van der Waals surface area contributed by atoms with Crippen LogP contribution in [0.15, 0.2) is 33.6 Å². The van der Waals surface area contributed by atoms with E-state index in [9.17, 15) is 0 Å². The lowest BCUT2D eigenvalue weighted by atomic mass is 9.82. The predicted octanol–water partition coefficient (Wildman–Crippen LogP) is 4.30. The standard InChI is InChI=1S/C14H20BrNS/c1-10-6-7-11(9-16)14(8-10)17-13-5-3-2-4-12(13)15/h2-5,10-11,14H,6-9,16H2,1H3. The van der Waals surface area contributed by atoms with Crippen molar-refractivity contribution in [1.29, 1.82) is 0 Å². The molecule has 17 heavy (non-hydrogen) atoms. The number of halogens is 1. The van der Waals surface area contributed by atoms with Crippen LogP contribution in [0.1, 0.15) is 26.2 Å². The Hall–Kier alpha value is 0.01000. The summed E-state index contributed by atoms with van der Waals surface area (Å²) in [7, 11) is 0. The largest absolute Gasteiger partial charge is 0.330 e. The smallest absolute Gasteiger partial charge is 0.0311 e. The molecule has 2 N–H and O–H groups in total. The normalized spacial score (nSPS) is 29.2. The molecule has 1 aromatic rings. The van der Waals surface area contributed by atoms with E-state index in [1.807, 2.05) is 11.8 Å². The molecule has 1 fully saturated rings. The first-order valence-corrected chi connectivity index (χ1v) is 7.99. The van der Waals surface area contributed by atoms with Crippen molar-refractivity contribution in [3.8, 4) is 0 Å². The van der Waals surface area contributed by atoms with Gasteiger partial charge in [-0.15, -0.1) is 11.8 Å². The summed E-state index contributed by atoms with van der Waals surface area (Å²) < 4.78 is 1.21. The minimum atomic E-state index is 0.683. The van der Waals surface area contributed by atoms with Crippen molar-refractivity contribution in [1.82, 2.24) is 0 Å². The third-order valence-electron chi connectivity index (χ3n) is 3.61. The van der Waals surface area contributed by atoms with E-state index in [1.54, 1.807) is 0 Å². The molecule has 0 bridgehead atoms. The van der Waals surface area contributed by atoms with E-state index in [1.165, 1.54) is 28.6 Å². The van der Waals surface area contributed by atoms with Gasteiger partial charge in [-0.3, -0.25) is 0 Å². The van der Waals surface area contributed by atoms with Gasteiger partial charge in [-0.05, 0) is 59.3 Å². The van der Waals surface area contributed by atoms with E-state index >= 15 is 0 Å². The zero-order chi connectivity index (χ0) is 12.3. The summed E-state index contributed by atoms with van der Waals surface area (Å²) in [4.78, 5) is 1.35. The molecule has 0 radical (unpaired) electrons. The van der Waals surface area contributed by atoms with Crippen LogP contribution in [-0.4, -0.2) is 11.8 Å². The lowest BCUT2D eigenvalue weighted by molar-refractivity contribution is 0.306. The summed E-state index contributed by atoms with van der Waals surface area (Å²) in [6.07, 6.45) is 3.93. The Morgan fingerprint density at radius 3 is 2.82 bits per heavy atom. The molecule has 2 rings (SSSR count). The van der Waals surface area contributed by atoms with Gasteiger partial charge in [0.1, 0.15) is 0 Å². The molecule has 0 saturated heterocycles. The topological polar surface area (TPSA) is 26.0 Å². The van der Waals surface area contributed by atoms with Gasteiger partial charge in [-0.1, -0.05) is 25.5 Å². The number of hydrogen-bond acceptors (Lipinski definition) is 2. The quantitative estimate of drug-likeness (QED) is 0.900. The molecule has 3 unspecified atom stereocenters. The number of benzene rings is 1. The van der Waals surface area contributed by atoms with Gasteiger partial charge in [0, 0.05) is 14.6 Å². The third kappa shape index (κ3) is 3.49. The number of rotatable bonds is 3. The van der Waals surface area contributed by atoms with Gasteiger partial charge in [0.25, 0.3) is 0 Å². The first-order valence-electron chi connectivity index (χ1n) is 6.32. The summed E-state index contributed by atoms with van der Waals surface area (Å²) in [6.45, 7) is 3.19. The van der Waals surface area contributed by atoms with Crippen molar-refractivity contribution >= 4 is 27.7 Å². The van der Waals surface area contributed by atoms with Gasteiger partial charge >= 0.3 is 0 Å². The molecule has 1 aliphatic rings. The van der Waals surface area contributed by atoms with Crippen LogP contribution in [0.5, 0.6) is 0 Å². The zero-order valence-corrected chi connectivity index (χ0v) is 12.6. The van der Waals surface area contributed by atoms with Crippen LogP contribution in [0.25, 0.3) is 0 Å². The molecule has 3 heteroatoms. The molecular weight excluding hydrogens is 294 g/mol. The summed E-state index contributed by atoms with van der Waals surface area (Å²) in [6, 6.07) is 8.49. The lowest BCUT2D eigenvalue weighted by Crippen LogP contribution is -2.31. The Kier molecular flexibility index (Phi) is 4.95. The van der Waals surface area contributed by atoms with Gasteiger partial charge in [-0.2, -0.15) is 0 Å². The van der Waals surface area contributed by atoms with Gasteiger partial charge in [0.15, 0.2) is 0 Å². The monoisotopic (exact) mass is 313 g/mol. The van der Waals surface area contributed by atoms with Crippen LogP contribution < -0.4 is 5.73 Å². The maximum atomic E-state index is 5.91. The number of nitrogens with two attached hydrogens (primary N) is 1. The van der Waals surface area contributed by atoms with Crippen molar-refractivity contribution < 1.29 is 0 Å². The Morgan fingerprint density at radius 2 is 2.12 bits per heavy atom. The van der Waals surface area contributed by atoms with Crippen LogP contribution >= 0.6 is 27.7 Å². The predicted molar refractivity (Wildman–Crippen MR) is 79.3 cm³/mol. The fourth-order valence-corrected chi connectivity index (χ4v) is 4.60. The maximum Gasteiger partial charge on any atom is 0.0311 e. The Balaban J connectivity index is 2.07. The molecule has 1 aromatic carbocycles. The second kappa shape index (κ2) is 6.26. The van der Waals surface area contributed by atoms with E-state index in [2.05, 4.69) is 47.1 Å². The maximum absolute atomic E-state index is 5.91. The molecule has 0 spiro atoms. The highest BCUT2D eigenvalue weighted by Gasteiger charge is 2.28. The summed E-state index contributed by atoms with van der Waals surface area (Å²) in [5.41, 5.74) is 5.91. The SMILES string of the molecule is CC1CCC(CN)C(Sc2ccccc2Br)C1. The first-order chi connectivity index (χ1) is 8.20. The molecule has 1 aliphatic carbocycles. The van der Waals surface area contributed by atoms with Crippen LogP contribution in [0.2, 0.25) is 0 Å². The van der Waals surface area contributed by atoms with Crippen LogP contribution in [0.4, 0.5) is 0 Å². The number of thioether (sulfide) groups is 1. The summed E-state index contributed by atoms with van der Waals surface area (Å²) in [5.74, 6) is 1.53. The second-order valence-corrected chi connectivity index (χ2v) is 7.14. The highest BCUT2D eigenvalue weighted by atomic mass is 79.9. The molecule has 0 aromatic heterocycles. The van der Waals surface area contributed by atoms with E-state index in [-0.39, 0.29) is 0 Å². The molecule has 0 amide bonds. The van der Waals surface area contributed by atoms with Crippen LogP contribution in [-0.2, 0) is 0 Å². The van der Waals surface area contributed by atoms with Crippen LogP contribution in [0, 0.1) is 11.8 Å². The molecule has 3 atom stereocenters. The van der Waals surface area contributed by atoms with E-state index in [0.29, 0.717) is 11.2 Å². The van der Waals surface area contributed by atoms with Crippen LogP contribution in [0.3, 0.4) is 0 Å². The summed E-state index contributed by atoms with van der Waals surface area (Å²) >= 11 is 5.63.